The maximum Gasteiger partial charge on any atom is 0.227 e. The van der Waals surface area contributed by atoms with Crippen LogP contribution < -0.4 is 0 Å². The predicted molar refractivity (Wildman–Crippen MR) is 109 cm³/mol. The van der Waals surface area contributed by atoms with Crippen molar-refractivity contribution in [2.75, 3.05) is 6.54 Å². The minimum atomic E-state index is 0.212. The summed E-state index contributed by atoms with van der Waals surface area (Å²) >= 11 is 0. The first kappa shape index (κ1) is 17.6. The molecule has 2 heterocycles. The molecule has 0 spiro atoms. The van der Waals surface area contributed by atoms with E-state index in [1.165, 1.54) is 16.7 Å². The number of benzene rings is 2. The van der Waals surface area contributed by atoms with Gasteiger partial charge in [-0.3, -0.25) is 4.79 Å². The van der Waals surface area contributed by atoms with Crippen LogP contribution in [0, 0.1) is 0 Å². The molecule has 0 saturated carbocycles. The van der Waals surface area contributed by atoms with Crippen molar-refractivity contribution in [3.05, 3.63) is 89.2 Å². The molecule has 0 aliphatic carbocycles. The number of rotatable bonds is 4. The molecule has 3 aromatic rings. The molecule has 4 rings (SSSR count). The third kappa shape index (κ3) is 3.68. The second kappa shape index (κ2) is 7.43. The zero-order chi connectivity index (χ0) is 18.8. The quantitative estimate of drug-likeness (QED) is 0.662. The molecule has 0 fully saturated rings. The molecule has 0 bridgehead atoms. The molecule has 1 aliphatic rings. The Balaban J connectivity index is 1.44. The fourth-order valence-electron chi connectivity index (χ4n) is 3.97. The standard InChI is InChI=1S/C24H26N2O/c1-18(2)22-7-5-6-20-17-26(15-12-23(20)22)24(27)16-19-8-10-21(11-9-19)25-13-3-4-14-25/h3-11,13-14,18H,12,15-17H2,1-2H3. The first-order chi connectivity index (χ1) is 13.1. The molecule has 2 aromatic carbocycles. The molecule has 0 unspecified atom stereocenters. The number of fused-ring (bicyclic) bond motifs is 1. The number of hydrogen-bond acceptors (Lipinski definition) is 1. The molecule has 138 valence electrons. The van der Waals surface area contributed by atoms with E-state index < -0.39 is 0 Å². The number of aromatic nitrogens is 1. The number of hydrogen-bond donors (Lipinski definition) is 0. The lowest BCUT2D eigenvalue weighted by Gasteiger charge is -2.31. The van der Waals surface area contributed by atoms with Gasteiger partial charge in [0.15, 0.2) is 0 Å². The molecular weight excluding hydrogens is 332 g/mol. The fraction of sp³-hybridized carbons (Fsp3) is 0.292. The van der Waals surface area contributed by atoms with E-state index in [9.17, 15) is 4.79 Å². The minimum absolute atomic E-state index is 0.212. The van der Waals surface area contributed by atoms with E-state index in [1.807, 2.05) is 29.4 Å². The van der Waals surface area contributed by atoms with Crippen LogP contribution in [0.25, 0.3) is 5.69 Å². The van der Waals surface area contributed by atoms with E-state index in [0.29, 0.717) is 12.3 Å². The van der Waals surface area contributed by atoms with Crippen LogP contribution >= 0.6 is 0 Å². The first-order valence-corrected chi connectivity index (χ1v) is 9.72. The third-order valence-corrected chi connectivity index (χ3v) is 5.47. The summed E-state index contributed by atoms with van der Waals surface area (Å²) in [6.07, 6.45) is 5.47. The summed E-state index contributed by atoms with van der Waals surface area (Å²) in [5.41, 5.74) is 6.37. The second-order valence-corrected chi connectivity index (χ2v) is 7.64. The monoisotopic (exact) mass is 358 g/mol. The van der Waals surface area contributed by atoms with E-state index >= 15 is 0 Å². The lowest BCUT2D eigenvalue weighted by Crippen LogP contribution is -2.37. The average molecular weight is 358 g/mol. The Kier molecular flexibility index (Phi) is 4.85. The number of nitrogens with zero attached hydrogens (tertiary/aromatic N) is 2. The summed E-state index contributed by atoms with van der Waals surface area (Å²) in [6.45, 7) is 6.03. The fourth-order valence-corrected chi connectivity index (χ4v) is 3.97. The van der Waals surface area contributed by atoms with Crippen LogP contribution in [0.2, 0.25) is 0 Å². The first-order valence-electron chi connectivity index (χ1n) is 9.72. The van der Waals surface area contributed by atoms with Crippen molar-refractivity contribution in [1.29, 1.82) is 0 Å². The highest BCUT2D eigenvalue weighted by Crippen LogP contribution is 2.27. The maximum absolute atomic E-state index is 12.8. The average Bonchev–Trinajstić information content (AvgIpc) is 3.22. The molecular formula is C24H26N2O. The van der Waals surface area contributed by atoms with Gasteiger partial charge < -0.3 is 9.47 Å². The van der Waals surface area contributed by atoms with Crippen molar-refractivity contribution in [2.45, 2.75) is 39.2 Å². The Morgan fingerprint density at radius 1 is 1.00 bits per heavy atom. The van der Waals surface area contributed by atoms with Crippen molar-refractivity contribution in [3.8, 4) is 5.69 Å². The van der Waals surface area contributed by atoms with Crippen LogP contribution in [0.3, 0.4) is 0 Å². The Morgan fingerprint density at radius 2 is 1.74 bits per heavy atom. The number of carbonyl (C=O) groups excluding carboxylic acids is 1. The molecule has 1 aromatic heterocycles. The largest absolute Gasteiger partial charge is 0.338 e. The van der Waals surface area contributed by atoms with Crippen molar-refractivity contribution in [1.82, 2.24) is 9.47 Å². The Morgan fingerprint density at radius 3 is 2.44 bits per heavy atom. The highest BCUT2D eigenvalue weighted by Gasteiger charge is 2.23. The molecule has 1 aliphatic heterocycles. The zero-order valence-electron chi connectivity index (χ0n) is 16.1. The summed E-state index contributed by atoms with van der Waals surface area (Å²) in [4.78, 5) is 14.8. The van der Waals surface area contributed by atoms with Crippen molar-refractivity contribution < 1.29 is 4.79 Å². The molecule has 0 saturated heterocycles. The van der Waals surface area contributed by atoms with Gasteiger partial charge in [0.25, 0.3) is 0 Å². The lowest BCUT2D eigenvalue weighted by molar-refractivity contribution is -0.131. The number of amides is 1. The Hall–Kier alpha value is -2.81. The van der Waals surface area contributed by atoms with E-state index in [2.05, 4.69) is 60.9 Å². The van der Waals surface area contributed by atoms with Crippen LogP contribution in [-0.2, 0) is 24.2 Å². The van der Waals surface area contributed by atoms with E-state index in [1.54, 1.807) is 0 Å². The predicted octanol–water partition coefficient (Wildman–Crippen LogP) is 4.73. The smallest absolute Gasteiger partial charge is 0.227 e. The summed E-state index contributed by atoms with van der Waals surface area (Å²) in [5.74, 6) is 0.741. The van der Waals surface area contributed by atoms with E-state index in [-0.39, 0.29) is 5.91 Å². The molecule has 1 amide bonds. The molecule has 3 heteroatoms. The van der Waals surface area contributed by atoms with Gasteiger partial charge in [-0.2, -0.15) is 0 Å². The molecule has 27 heavy (non-hydrogen) atoms. The van der Waals surface area contributed by atoms with Gasteiger partial charge in [-0.25, -0.2) is 0 Å². The topological polar surface area (TPSA) is 25.2 Å². The van der Waals surface area contributed by atoms with Crippen LogP contribution in [-0.4, -0.2) is 21.9 Å². The molecule has 0 radical (unpaired) electrons. The van der Waals surface area contributed by atoms with Crippen LogP contribution in [0.4, 0.5) is 0 Å². The Labute approximate surface area is 161 Å². The molecule has 0 atom stereocenters. The summed E-state index contributed by atoms with van der Waals surface area (Å²) in [5, 5.41) is 0. The minimum Gasteiger partial charge on any atom is -0.338 e. The normalized spacial score (nSPS) is 13.7. The van der Waals surface area contributed by atoms with Gasteiger partial charge in [0.2, 0.25) is 5.91 Å². The highest BCUT2D eigenvalue weighted by molar-refractivity contribution is 5.79. The summed E-state index contributed by atoms with van der Waals surface area (Å²) < 4.78 is 2.07. The Bertz CT molecular complexity index is 924. The van der Waals surface area contributed by atoms with Crippen LogP contribution in [0.15, 0.2) is 67.0 Å². The highest BCUT2D eigenvalue weighted by atomic mass is 16.2. The summed E-state index contributed by atoms with van der Waals surface area (Å²) in [7, 11) is 0. The molecule has 0 N–H and O–H groups in total. The van der Waals surface area contributed by atoms with Crippen LogP contribution in [0.5, 0.6) is 0 Å². The van der Waals surface area contributed by atoms with Gasteiger partial charge in [0.05, 0.1) is 6.42 Å². The lowest BCUT2D eigenvalue weighted by atomic mass is 9.89. The van der Waals surface area contributed by atoms with Gasteiger partial charge in [-0.1, -0.05) is 44.2 Å². The van der Waals surface area contributed by atoms with Crippen LogP contribution in [0.1, 0.15) is 42.0 Å². The van der Waals surface area contributed by atoms with Gasteiger partial charge in [-0.15, -0.1) is 0 Å². The zero-order valence-corrected chi connectivity index (χ0v) is 16.1. The number of carbonyl (C=O) groups is 1. The SMILES string of the molecule is CC(C)c1cccc2c1CCN(C(=O)Cc1ccc(-n3cccc3)cc1)C2. The maximum atomic E-state index is 12.8. The van der Waals surface area contributed by atoms with Gasteiger partial charge in [0, 0.05) is 31.2 Å². The van der Waals surface area contributed by atoms with Crippen molar-refractivity contribution in [2.24, 2.45) is 0 Å². The van der Waals surface area contributed by atoms with Gasteiger partial charge in [0.1, 0.15) is 0 Å². The van der Waals surface area contributed by atoms with Gasteiger partial charge >= 0.3 is 0 Å². The summed E-state index contributed by atoms with van der Waals surface area (Å²) in [6, 6.07) is 18.8. The third-order valence-electron chi connectivity index (χ3n) is 5.47. The van der Waals surface area contributed by atoms with Crippen molar-refractivity contribution >= 4 is 5.91 Å². The van der Waals surface area contributed by atoms with E-state index in [0.717, 1.165) is 30.8 Å². The molecule has 3 nitrogen and oxygen atoms in total. The van der Waals surface area contributed by atoms with Crippen molar-refractivity contribution in [3.63, 3.8) is 0 Å². The van der Waals surface area contributed by atoms with E-state index in [4.69, 9.17) is 0 Å². The second-order valence-electron chi connectivity index (χ2n) is 7.64. The van der Waals surface area contributed by atoms with Gasteiger partial charge in [-0.05, 0) is 58.9 Å².